The lowest BCUT2D eigenvalue weighted by Gasteiger charge is -2.28. The Morgan fingerprint density at radius 1 is 1.38 bits per heavy atom. The fourth-order valence-corrected chi connectivity index (χ4v) is 3.38. The molecule has 4 heteroatoms. The van der Waals surface area contributed by atoms with Crippen molar-refractivity contribution in [2.45, 2.75) is 71.4 Å². The highest BCUT2D eigenvalue weighted by Gasteiger charge is 2.33. The van der Waals surface area contributed by atoms with Crippen molar-refractivity contribution in [1.29, 1.82) is 0 Å². The predicted molar refractivity (Wildman–Crippen MR) is 87.4 cm³/mol. The van der Waals surface area contributed by atoms with Crippen LogP contribution in [-0.4, -0.2) is 49.2 Å². The summed E-state index contributed by atoms with van der Waals surface area (Å²) >= 11 is 0. The van der Waals surface area contributed by atoms with Gasteiger partial charge in [0.15, 0.2) is 0 Å². The highest BCUT2D eigenvalue weighted by atomic mass is 16.5. The average molecular weight is 298 g/mol. The topological polar surface area (TPSA) is 41.6 Å². The van der Waals surface area contributed by atoms with E-state index >= 15 is 0 Å². The molecule has 0 amide bonds. The zero-order valence-electron chi connectivity index (χ0n) is 14.6. The van der Waals surface area contributed by atoms with E-state index in [4.69, 9.17) is 4.74 Å². The first kappa shape index (κ1) is 18.4. The monoisotopic (exact) mass is 298 g/mol. The third kappa shape index (κ3) is 5.59. The van der Waals surface area contributed by atoms with Gasteiger partial charge in [-0.15, -0.1) is 0 Å². The molecule has 124 valence electrons. The molecule has 0 saturated carbocycles. The van der Waals surface area contributed by atoms with Crippen LogP contribution < -0.4 is 5.32 Å². The molecule has 0 spiro atoms. The number of esters is 1. The minimum Gasteiger partial charge on any atom is -0.468 e. The van der Waals surface area contributed by atoms with Gasteiger partial charge in [-0.05, 0) is 65.0 Å². The van der Waals surface area contributed by atoms with Crippen LogP contribution in [-0.2, 0) is 9.53 Å². The number of carbonyl (C=O) groups excluding carboxylic acids is 1. The first-order chi connectivity index (χ1) is 9.92. The van der Waals surface area contributed by atoms with Gasteiger partial charge in [-0.3, -0.25) is 4.79 Å². The molecule has 1 saturated heterocycles. The van der Waals surface area contributed by atoms with Crippen molar-refractivity contribution < 1.29 is 9.53 Å². The van der Waals surface area contributed by atoms with Crippen molar-refractivity contribution >= 4 is 5.97 Å². The van der Waals surface area contributed by atoms with Crippen LogP contribution in [0.15, 0.2) is 0 Å². The van der Waals surface area contributed by atoms with E-state index < -0.39 is 5.54 Å². The van der Waals surface area contributed by atoms with Gasteiger partial charge in [0.05, 0.1) is 7.11 Å². The van der Waals surface area contributed by atoms with Gasteiger partial charge in [0.1, 0.15) is 5.54 Å². The zero-order valence-corrected chi connectivity index (χ0v) is 14.6. The number of methoxy groups -OCH3 is 1. The summed E-state index contributed by atoms with van der Waals surface area (Å²) in [7, 11) is 1.47. The number of ether oxygens (including phenoxy) is 1. The van der Waals surface area contributed by atoms with Crippen LogP contribution >= 0.6 is 0 Å². The normalized spacial score (nSPS) is 25.8. The lowest BCUT2D eigenvalue weighted by atomic mass is 9.94. The fraction of sp³-hybridized carbons (Fsp3) is 0.941. The summed E-state index contributed by atoms with van der Waals surface area (Å²) in [4.78, 5) is 14.6. The molecule has 1 N–H and O–H groups in total. The molecular formula is C17H34N2O2. The Morgan fingerprint density at radius 3 is 2.62 bits per heavy atom. The van der Waals surface area contributed by atoms with E-state index in [2.05, 4.69) is 31.0 Å². The fourth-order valence-electron chi connectivity index (χ4n) is 3.38. The number of unbranched alkanes of at least 4 members (excludes halogenated alkanes) is 1. The number of nitrogens with one attached hydrogen (secondary N) is 1. The standard InChI is InChI=1S/C17H34N2O2/c1-6-10-18-17(4,16(20)21-5)9-7-8-11-19-13-14(2)12-15(19)3/h14-15,18H,6-13H2,1-5H3. The zero-order chi connectivity index (χ0) is 15.9. The molecule has 3 unspecified atom stereocenters. The third-order valence-corrected chi connectivity index (χ3v) is 4.69. The second-order valence-electron chi connectivity index (χ2n) is 6.89. The van der Waals surface area contributed by atoms with E-state index in [9.17, 15) is 4.79 Å². The van der Waals surface area contributed by atoms with Crippen molar-refractivity contribution in [3.05, 3.63) is 0 Å². The smallest absolute Gasteiger partial charge is 0.325 e. The Hall–Kier alpha value is -0.610. The van der Waals surface area contributed by atoms with E-state index in [1.54, 1.807) is 0 Å². The predicted octanol–water partition coefficient (Wildman–Crippen LogP) is 2.82. The van der Waals surface area contributed by atoms with E-state index in [0.717, 1.165) is 44.7 Å². The maximum Gasteiger partial charge on any atom is 0.325 e. The van der Waals surface area contributed by atoms with E-state index in [0.29, 0.717) is 6.04 Å². The average Bonchev–Trinajstić information content (AvgIpc) is 2.78. The third-order valence-electron chi connectivity index (χ3n) is 4.69. The number of hydrogen-bond donors (Lipinski definition) is 1. The summed E-state index contributed by atoms with van der Waals surface area (Å²) in [6, 6.07) is 0.713. The van der Waals surface area contributed by atoms with E-state index in [1.807, 2.05) is 6.92 Å². The van der Waals surface area contributed by atoms with Gasteiger partial charge in [0, 0.05) is 12.6 Å². The quantitative estimate of drug-likeness (QED) is 0.525. The largest absolute Gasteiger partial charge is 0.468 e. The van der Waals surface area contributed by atoms with Gasteiger partial charge in [-0.2, -0.15) is 0 Å². The van der Waals surface area contributed by atoms with Crippen molar-refractivity contribution in [2.75, 3.05) is 26.7 Å². The Morgan fingerprint density at radius 2 is 2.10 bits per heavy atom. The van der Waals surface area contributed by atoms with Crippen LogP contribution in [0.25, 0.3) is 0 Å². The Kier molecular flexibility index (Phi) is 7.67. The molecule has 3 atom stereocenters. The molecule has 1 rings (SSSR count). The maximum absolute atomic E-state index is 12.0. The van der Waals surface area contributed by atoms with Crippen molar-refractivity contribution in [3.8, 4) is 0 Å². The van der Waals surface area contributed by atoms with Crippen LogP contribution in [0.2, 0.25) is 0 Å². The molecule has 1 fully saturated rings. The van der Waals surface area contributed by atoms with Crippen molar-refractivity contribution in [3.63, 3.8) is 0 Å². The lowest BCUT2D eigenvalue weighted by Crippen LogP contribution is -2.50. The van der Waals surface area contributed by atoms with Crippen LogP contribution in [0, 0.1) is 5.92 Å². The number of nitrogens with zero attached hydrogens (tertiary/aromatic N) is 1. The summed E-state index contributed by atoms with van der Waals surface area (Å²) in [6.07, 6.45) is 5.39. The molecule has 0 aliphatic carbocycles. The van der Waals surface area contributed by atoms with Crippen molar-refractivity contribution in [1.82, 2.24) is 10.2 Å². The Balaban J connectivity index is 2.34. The SMILES string of the molecule is CCCNC(C)(CCCCN1CC(C)CC1C)C(=O)OC. The summed E-state index contributed by atoms with van der Waals surface area (Å²) in [5.74, 6) is 0.686. The summed E-state index contributed by atoms with van der Waals surface area (Å²) in [6.45, 7) is 12.0. The summed E-state index contributed by atoms with van der Waals surface area (Å²) in [5, 5.41) is 3.35. The molecule has 1 aliphatic heterocycles. The Bertz CT molecular complexity index is 322. The number of hydrogen-bond acceptors (Lipinski definition) is 4. The molecule has 0 aromatic carbocycles. The molecule has 21 heavy (non-hydrogen) atoms. The summed E-state index contributed by atoms with van der Waals surface area (Å²) in [5.41, 5.74) is -0.533. The second-order valence-corrected chi connectivity index (χ2v) is 6.89. The van der Waals surface area contributed by atoms with Gasteiger partial charge in [-0.25, -0.2) is 0 Å². The van der Waals surface area contributed by atoms with Crippen LogP contribution in [0.5, 0.6) is 0 Å². The van der Waals surface area contributed by atoms with Gasteiger partial charge in [0.2, 0.25) is 0 Å². The molecule has 0 aromatic heterocycles. The number of carbonyl (C=O) groups is 1. The molecular weight excluding hydrogens is 264 g/mol. The molecule has 0 bridgehead atoms. The molecule has 1 heterocycles. The summed E-state index contributed by atoms with van der Waals surface area (Å²) < 4.78 is 4.96. The maximum atomic E-state index is 12.0. The molecule has 0 radical (unpaired) electrons. The van der Waals surface area contributed by atoms with Gasteiger partial charge < -0.3 is 15.0 Å². The number of likely N-dealkylation sites (tertiary alicyclic amines) is 1. The van der Waals surface area contributed by atoms with Gasteiger partial charge in [0.25, 0.3) is 0 Å². The highest BCUT2D eigenvalue weighted by Crippen LogP contribution is 2.23. The Labute approximate surface area is 130 Å². The van der Waals surface area contributed by atoms with Crippen LogP contribution in [0.1, 0.15) is 59.8 Å². The van der Waals surface area contributed by atoms with E-state index in [-0.39, 0.29) is 5.97 Å². The second kappa shape index (κ2) is 8.74. The van der Waals surface area contributed by atoms with Crippen LogP contribution in [0.3, 0.4) is 0 Å². The molecule has 1 aliphatic rings. The van der Waals surface area contributed by atoms with E-state index in [1.165, 1.54) is 20.1 Å². The molecule has 4 nitrogen and oxygen atoms in total. The van der Waals surface area contributed by atoms with Crippen molar-refractivity contribution in [2.24, 2.45) is 5.92 Å². The van der Waals surface area contributed by atoms with Crippen LogP contribution in [0.4, 0.5) is 0 Å². The molecule has 0 aromatic rings. The van der Waals surface area contributed by atoms with Gasteiger partial charge in [-0.1, -0.05) is 13.8 Å². The minimum atomic E-state index is -0.533. The minimum absolute atomic E-state index is 0.140. The first-order valence-corrected chi connectivity index (χ1v) is 8.50. The van der Waals surface area contributed by atoms with Gasteiger partial charge >= 0.3 is 5.97 Å². The number of rotatable bonds is 9. The lowest BCUT2D eigenvalue weighted by molar-refractivity contribution is -0.148. The highest BCUT2D eigenvalue weighted by molar-refractivity contribution is 5.80. The first-order valence-electron chi connectivity index (χ1n) is 8.50.